The Morgan fingerprint density at radius 1 is 1.19 bits per heavy atom. The number of urea groups is 1. The van der Waals surface area contributed by atoms with Crippen LogP contribution in [0.15, 0.2) is 41.2 Å². The first kappa shape index (κ1) is 17.9. The second-order valence-electron chi connectivity index (χ2n) is 7.51. The number of imide groups is 1. The molecule has 1 fully saturated rings. The molecule has 0 saturated carbocycles. The number of benzene rings is 1. The van der Waals surface area contributed by atoms with Gasteiger partial charge in [-0.3, -0.25) is 14.6 Å². The summed E-state index contributed by atoms with van der Waals surface area (Å²) in [5, 5.41) is 0.656. The molecule has 0 aromatic heterocycles. The molecule has 0 bridgehead atoms. The van der Waals surface area contributed by atoms with E-state index in [1.165, 1.54) is 4.90 Å². The Labute approximate surface area is 163 Å². The average Bonchev–Trinajstić information content (AvgIpc) is 3.12. The van der Waals surface area contributed by atoms with Crippen molar-refractivity contribution in [1.82, 2.24) is 14.7 Å². The lowest BCUT2D eigenvalue weighted by molar-refractivity contribution is -0.137. The molecule has 142 valence electrons. The van der Waals surface area contributed by atoms with E-state index in [-0.39, 0.29) is 17.9 Å². The van der Waals surface area contributed by atoms with Gasteiger partial charge in [0.1, 0.15) is 0 Å². The largest absolute Gasteiger partial charge is 0.328 e. The third-order valence-electron chi connectivity index (χ3n) is 5.02. The highest BCUT2D eigenvalue weighted by molar-refractivity contribution is 6.30. The van der Waals surface area contributed by atoms with E-state index in [0.717, 1.165) is 11.4 Å². The quantitative estimate of drug-likeness (QED) is 0.800. The minimum Gasteiger partial charge on any atom is -0.302 e. The second-order valence-corrected chi connectivity index (χ2v) is 7.95. The molecule has 0 spiro atoms. The van der Waals surface area contributed by atoms with Crippen LogP contribution in [0.25, 0.3) is 0 Å². The first-order chi connectivity index (χ1) is 12.8. The maximum absolute atomic E-state index is 13.1. The minimum atomic E-state index is -0.534. The summed E-state index contributed by atoms with van der Waals surface area (Å²) >= 11 is 6.01. The van der Waals surface area contributed by atoms with E-state index in [1.54, 1.807) is 11.9 Å². The number of amides is 3. The predicted molar refractivity (Wildman–Crippen MR) is 104 cm³/mol. The number of halogens is 1. The van der Waals surface area contributed by atoms with Gasteiger partial charge in [0, 0.05) is 36.2 Å². The highest BCUT2D eigenvalue weighted by atomic mass is 35.5. The van der Waals surface area contributed by atoms with Crippen LogP contribution in [0.4, 0.5) is 10.5 Å². The molecule has 1 aromatic rings. The monoisotopic (exact) mass is 387 g/mol. The number of hydrogen-bond donors (Lipinski definition) is 0. The lowest BCUT2D eigenvalue weighted by Gasteiger charge is -2.40. The summed E-state index contributed by atoms with van der Waals surface area (Å²) in [6, 6.07) is 6.64. The number of aliphatic imine (C=N–C) groups is 1. The van der Waals surface area contributed by atoms with Crippen molar-refractivity contribution in [2.75, 3.05) is 18.5 Å². The van der Waals surface area contributed by atoms with Gasteiger partial charge in [-0.15, -0.1) is 0 Å². The number of anilines is 1. The number of carbonyl (C=O) groups is 2. The number of likely N-dealkylation sites (N-methyl/N-ethyl adjacent to an activating group) is 1. The standard InChI is InChI=1S/C19H22ClN5O2/c1-11(2)9-24-17(26)15-16(22(4)19(24)27)21-18-23(15)10-12(3)25(18)14-7-5-13(20)6-8-14/h5-8,10-11,15-16H,9H2,1-4H3. The molecule has 3 aliphatic heterocycles. The predicted octanol–water partition coefficient (Wildman–Crippen LogP) is 2.94. The molecule has 8 heteroatoms. The van der Waals surface area contributed by atoms with Gasteiger partial charge in [-0.05, 0) is 37.1 Å². The molecular weight excluding hydrogens is 366 g/mol. The van der Waals surface area contributed by atoms with Crippen LogP contribution >= 0.6 is 11.6 Å². The molecule has 0 radical (unpaired) electrons. The van der Waals surface area contributed by atoms with Gasteiger partial charge < -0.3 is 9.80 Å². The van der Waals surface area contributed by atoms with Crippen LogP contribution < -0.4 is 4.90 Å². The Morgan fingerprint density at radius 2 is 1.85 bits per heavy atom. The fourth-order valence-corrected chi connectivity index (χ4v) is 3.92. The molecule has 3 amide bonds. The maximum Gasteiger partial charge on any atom is 0.328 e. The SMILES string of the molecule is CC1=CN2C(=NC3C2C(=O)N(CC(C)C)C(=O)N3C)N1c1ccc(Cl)cc1. The van der Waals surface area contributed by atoms with Crippen molar-refractivity contribution in [2.45, 2.75) is 33.0 Å². The Hall–Kier alpha value is -2.54. The molecule has 4 rings (SSSR count). The smallest absolute Gasteiger partial charge is 0.302 e. The summed E-state index contributed by atoms with van der Waals surface area (Å²) in [6.07, 6.45) is 1.40. The Kier molecular flexibility index (Phi) is 4.14. The van der Waals surface area contributed by atoms with Gasteiger partial charge in [0.2, 0.25) is 5.96 Å². The summed E-state index contributed by atoms with van der Waals surface area (Å²) in [6.45, 7) is 6.35. The summed E-state index contributed by atoms with van der Waals surface area (Å²) < 4.78 is 0. The van der Waals surface area contributed by atoms with Gasteiger partial charge in [-0.25, -0.2) is 9.79 Å². The third kappa shape index (κ3) is 2.68. The zero-order valence-electron chi connectivity index (χ0n) is 15.8. The minimum absolute atomic E-state index is 0.197. The summed E-state index contributed by atoms with van der Waals surface area (Å²) in [4.78, 5) is 37.3. The van der Waals surface area contributed by atoms with Gasteiger partial charge in [-0.1, -0.05) is 25.4 Å². The van der Waals surface area contributed by atoms with Gasteiger partial charge in [-0.2, -0.15) is 0 Å². The number of guanidine groups is 1. The Balaban J connectivity index is 1.70. The average molecular weight is 388 g/mol. The van der Waals surface area contributed by atoms with E-state index in [2.05, 4.69) is 0 Å². The zero-order chi connectivity index (χ0) is 19.5. The van der Waals surface area contributed by atoms with Gasteiger partial charge in [0.05, 0.1) is 0 Å². The Bertz CT molecular complexity index is 863. The van der Waals surface area contributed by atoms with Gasteiger partial charge in [0.25, 0.3) is 5.91 Å². The van der Waals surface area contributed by atoms with E-state index in [4.69, 9.17) is 16.6 Å². The van der Waals surface area contributed by atoms with Crippen LogP contribution in [0.5, 0.6) is 0 Å². The molecule has 27 heavy (non-hydrogen) atoms. The normalized spacial score (nSPS) is 24.5. The first-order valence-electron chi connectivity index (χ1n) is 8.98. The number of fused-ring (bicyclic) bond motifs is 3. The number of nitrogens with zero attached hydrogens (tertiary/aromatic N) is 5. The number of allylic oxidation sites excluding steroid dienone is 1. The van der Waals surface area contributed by atoms with Crippen molar-refractivity contribution in [3.8, 4) is 0 Å². The Morgan fingerprint density at radius 3 is 2.48 bits per heavy atom. The molecule has 1 saturated heterocycles. The van der Waals surface area contributed by atoms with Crippen LogP contribution in [0, 0.1) is 5.92 Å². The highest BCUT2D eigenvalue weighted by Gasteiger charge is 2.54. The molecule has 2 unspecified atom stereocenters. The molecular formula is C19H22ClN5O2. The van der Waals surface area contributed by atoms with E-state index >= 15 is 0 Å². The number of hydrogen-bond acceptors (Lipinski definition) is 5. The van der Waals surface area contributed by atoms with Crippen LogP contribution in [0.1, 0.15) is 20.8 Å². The van der Waals surface area contributed by atoms with Gasteiger partial charge in [0.15, 0.2) is 12.2 Å². The lowest BCUT2D eigenvalue weighted by atomic mass is 10.1. The molecule has 0 aliphatic carbocycles. The fraction of sp³-hybridized carbons (Fsp3) is 0.421. The van der Waals surface area contributed by atoms with Crippen molar-refractivity contribution in [3.05, 3.63) is 41.2 Å². The zero-order valence-corrected chi connectivity index (χ0v) is 16.5. The topological polar surface area (TPSA) is 59.5 Å². The number of rotatable bonds is 3. The van der Waals surface area contributed by atoms with Crippen LogP contribution in [0.3, 0.4) is 0 Å². The first-order valence-corrected chi connectivity index (χ1v) is 9.36. The second kappa shape index (κ2) is 6.27. The highest BCUT2D eigenvalue weighted by Crippen LogP contribution is 2.36. The maximum atomic E-state index is 13.1. The van der Waals surface area contributed by atoms with Gasteiger partial charge >= 0.3 is 6.03 Å². The van der Waals surface area contributed by atoms with E-state index in [9.17, 15) is 9.59 Å². The molecule has 2 atom stereocenters. The van der Waals surface area contributed by atoms with Crippen LogP contribution in [-0.4, -0.2) is 58.4 Å². The molecule has 7 nitrogen and oxygen atoms in total. The fourth-order valence-electron chi connectivity index (χ4n) is 3.80. The van der Waals surface area contributed by atoms with Crippen molar-refractivity contribution >= 4 is 35.2 Å². The van der Waals surface area contributed by atoms with E-state index in [1.807, 2.05) is 61.0 Å². The van der Waals surface area contributed by atoms with Crippen molar-refractivity contribution in [3.63, 3.8) is 0 Å². The molecule has 0 N–H and O–H groups in total. The summed E-state index contributed by atoms with van der Waals surface area (Å²) in [5.41, 5.74) is 1.87. The van der Waals surface area contributed by atoms with Crippen molar-refractivity contribution in [1.29, 1.82) is 0 Å². The van der Waals surface area contributed by atoms with Crippen LogP contribution in [0.2, 0.25) is 5.02 Å². The van der Waals surface area contributed by atoms with E-state index in [0.29, 0.717) is 17.5 Å². The lowest BCUT2D eigenvalue weighted by Crippen LogP contribution is -2.64. The number of carbonyl (C=O) groups excluding carboxylic acids is 2. The summed E-state index contributed by atoms with van der Waals surface area (Å²) in [5.74, 6) is 0.660. The molecule has 3 heterocycles. The van der Waals surface area contributed by atoms with Crippen LogP contribution in [-0.2, 0) is 4.79 Å². The molecule has 1 aromatic carbocycles. The van der Waals surface area contributed by atoms with E-state index < -0.39 is 12.2 Å². The van der Waals surface area contributed by atoms with Crippen molar-refractivity contribution < 1.29 is 9.59 Å². The molecule has 3 aliphatic rings. The summed E-state index contributed by atoms with van der Waals surface area (Å²) in [7, 11) is 1.70. The third-order valence-corrected chi connectivity index (χ3v) is 5.27. The van der Waals surface area contributed by atoms with Crippen molar-refractivity contribution in [2.24, 2.45) is 10.9 Å².